The second-order valence-corrected chi connectivity index (χ2v) is 10.1. The van der Waals surface area contributed by atoms with Crippen LogP contribution >= 0.6 is 0 Å². The number of methoxy groups -OCH3 is 1. The highest BCUT2D eigenvalue weighted by atomic mass is 16.6. The third-order valence-corrected chi connectivity index (χ3v) is 5.95. The van der Waals surface area contributed by atoms with Gasteiger partial charge in [-0.1, -0.05) is 31.2 Å². The largest absolute Gasteiger partial charge is 0.497 e. The summed E-state index contributed by atoms with van der Waals surface area (Å²) in [6, 6.07) is 12.0. The van der Waals surface area contributed by atoms with E-state index < -0.39 is 42.2 Å². The predicted octanol–water partition coefficient (Wildman–Crippen LogP) is 3.81. The fourth-order valence-electron chi connectivity index (χ4n) is 3.94. The number of aliphatic hydroxyl groups excluding tert-OH is 1. The van der Waals surface area contributed by atoms with E-state index in [1.165, 1.54) is 4.90 Å². The van der Waals surface area contributed by atoms with E-state index in [0.717, 1.165) is 24.8 Å². The van der Waals surface area contributed by atoms with Crippen molar-refractivity contribution in [2.24, 2.45) is 0 Å². The second kappa shape index (κ2) is 12.1. The molecule has 3 amide bonds. The van der Waals surface area contributed by atoms with Crippen LogP contribution in [0.15, 0.2) is 48.5 Å². The molecule has 0 aliphatic heterocycles. The minimum atomic E-state index is -1.26. The molecular formula is C28H37N3O6. The van der Waals surface area contributed by atoms with Crippen molar-refractivity contribution in [3.05, 3.63) is 59.7 Å². The second-order valence-electron chi connectivity index (χ2n) is 10.1. The number of hydrogen-bond donors (Lipinski definition) is 3. The zero-order chi connectivity index (χ0) is 27.2. The summed E-state index contributed by atoms with van der Waals surface area (Å²) in [7, 11) is 1.56. The van der Waals surface area contributed by atoms with E-state index in [9.17, 15) is 19.5 Å². The van der Waals surface area contributed by atoms with E-state index in [0.29, 0.717) is 17.0 Å². The third kappa shape index (κ3) is 7.69. The Bertz CT molecular complexity index is 1070. The fraction of sp³-hybridized carbons (Fsp3) is 0.464. The number of hydrogen-bond acceptors (Lipinski definition) is 6. The molecule has 0 heterocycles. The molecule has 2 atom stereocenters. The number of aliphatic hydroxyl groups is 1. The highest BCUT2D eigenvalue weighted by molar-refractivity contribution is 5.99. The van der Waals surface area contributed by atoms with Crippen molar-refractivity contribution in [3.8, 4) is 5.75 Å². The lowest BCUT2D eigenvalue weighted by molar-refractivity contribution is -0.142. The molecule has 0 saturated heterocycles. The van der Waals surface area contributed by atoms with Gasteiger partial charge in [0.1, 0.15) is 23.4 Å². The smallest absolute Gasteiger partial charge is 0.408 e. The lowest BCUT2D eigenvalue weighted by Crippen LogP contribution is -2.54. The number of carbonyl (C=O) groups is 3. The highest BCUT2D eigenvalue weighted by Crippen LogP contribution is 2.36. The molecule has 2 unspecified atom stereocenters. The SMILES string of the molecule is CCc1ccc(C(C(=O)Nc2ccc(OC)cc2)N(C(=O)C(CO)NC(=O)OC(C)(C)C)C2CC2)cc1. The molecular weight excluding hydrogens is 474 g/mol. The number of rotatable bonds is 10. The summed E-state index contributed by atoms with van der Waals surface area (Å²) < 4.78 is 10.5. The molecule has 0 bridgehead atoms. The number of aryl methyl sites for hydroxylation is 1. The molecule has 1 aliphatic rings. The highest BCUT2D eigenvalue weighted by Gasteiger charge is 2.44. The summed E-state index contributed by atoms with van der Waals surface area (Å²) in [5.74, 6) is -0.299. The minimum Gasteiger partial charge on any atom is -0.497 e. The first-order valence-electron chi connectivity index (χ1n) is 12.5. The number of carbonyl (C=O) groups excluding carboxylic acids is 3. The summed E-state index contributed by atoms with van der Waals surface area (Å²) in [4.78, 5) is 41.3. The summed E-state index contributed by atoms with van der Waals surface area (Å²) >= 11 is 0. The standard InChI is InChI=1S/C28H37N3O6/c1-6-18-7-9-19(10-8-18)24(25(33)29-20-11-15-22(36-5)16-12-20)31(21-13-14-21)26(34)23(17-32)30-27(35)37-28(2,3)4/h7-12,15-16,21,23-24,32H,6,13-14,17H2,1-5H3,(H,29,33)(H,30,35). The number of benzene rings is 2. The topological polar surface area (TPSA) is 117 Å². The van der Waals surface area contributed by atoms with Crippen LogP contribution in [0.3, 0.4) is 0 Å². The number of nitrogens with one attached hydrogen (secondary N) is 2. The van der Waals surface area contributed by atoms with Gasteiger partial charge in [0.05, 0.1) is 13.7 Å². The lowest BCUT2D eigenvalue weighted by atomic mass is 10.00. The molecule has 3 rings (SSSR count). The first-order chi connectivity index (χ1) is 17.6. The van der Waals surface area contributed by atoms with Gasteiger partial charge in [0, 0.05) is 11.7 Å². The molecule has 200 valence electrons. The molecule has 0 spiro atoms. The van der Waals surface area contributed by atoms with E-state index in [1.54, 1.807) is 52.1 Å². The van der Waals surface area contributed by atoms with Crippen molar-refractivity contribution < 1.29 is 29.0 Å². The van der Waals surface area contributed by atoms with Gasteiger partial charge < -0.3 is 30.1 Å². The van der Waals surface area contributed by atoms with Crippen LogP contribution in [0.25, 0.3) is 0 Å². The number of alkyl carbamates (subject to hydrolysis) is 1. The normalized spacial score (nSPS) is 14.8. The first-order valence-corrected chi connectivity index (χ1v) is 12.5. The Morgan fingerprint density at radius 1 is 1.05 bits per heavy atom. The van der Waals surface area contributed by atoms with Gasteiger partial charge in [-0.2, -0.15) is 0 Å². The van der Waals surface area contributed by atoms with Crippen LogP contribution in [-0.2, 0) is 20.7 Å². The van der Waals surface area contributed by atoms with Crippen LogP contribution in [0, 0.1) is 0 Å². The molecule has 2 aromatic rings. The van der Waals surface area contributed by atoms with Crippen molar-refractivity contribution >= 4 is 23.6 Å². The van der Waals surface area contributed by atoms with Gasteiger partial charge in [0.15, 0.2) is 0 Å². The van der Waals surface area contributed by atoms with Crippen molar-refractivity contribution in [2.45, 2.75) is 70.7 Å². The number of nitrogens with zero attached hydrogens (tertiary/aromatic N) is 1. The maximum atomic E-state index is 13.7. The van der Waals surface area contributed by atoms with Gasteiger partial charge in [0.25, 0.3) is 5.91 Å². The fourth-order valence-corrected chi connectivity index (χ4v) is 3.94. The Morgan fingerprint density at radius 3 is 2.16 bits per heavy atom. The average molecular weight is 512 g/mol. The predicted molar refractivity (Wildman–Crippen MR) is 140 cm³/mol. The molecule has 1 fully saturated rings. The van der Waals surface area contributed by atoms with Crippen LogP contribution in [-0.4, -0.2) is 59.3 Å². The average Bonchev–Trinajstić information content (AvgIpc) is 3.70. The van der Waals surface area contributed by atoms with Gasteiger partial charge in [-0.15, -0.1) is 0 Å². The zero-order valence-electron chi connectivity index (χ0n) is 22.1. The minimum absolute atomic E-state index is 0.195. The molecule has 3 N–H and O–H groups in total. The summed E-state index contributed by atoms with van der Waals surface area (Å²) in [5, 5.41) is 15.4. The first kappa shape index (κ1) is 28.0. The summed E-state index contributed by atoms with van der Waals surface area (Å²) in [6.45, 7) is 6.52. The van der Waals surface area contributed by atoms with Crippen LogP contribution in [0.4, 0.5) is 10.5 Å². The maximum Gasteiger partial charge on any atom is 0.408 e. The van der Waals surface area contributed by atoms with Gasteiger partial charge in [0.2, 0.25) is 5.91 Å². The van der Waals surface area contributed by atoms with E-state index >= 15 is 0 Å². The number of ether oxygens (including phenoxy) is 2. The van der Waals surface area contributed by atoms with Gasteiger partial charge >= 0.3 is 6.09 Å². The Balaban J connectivity index is 1.93. The molecule has 1 saturated carbocycles. The summed E-state index contributed by atoms with van der Waals surface area (Å²) in [6.07, 6.45) is 1.45. The van der Waals surface area contributed by atoms with Crippen LogP contribution < -0.4 is 15.4 Å². The third-order valence-electron chi connectivity index (χ3n) is 5.95. The summed E-state index contributed by atoms with van der Waals surface area (Å²) in [5.41, 5.74) is 1.51. The number of amides is 3. The number of anilines is 1. The van der Waals surface area contributed by atoms with Crippen LogP contribution in [0.2, 0.25) is 0 Å². The Labute approximate surface area is 218 Å². The molecule has 2 aromatic carbocycles. The Morgan fingerprint density at radius 2 is 1.68 bits per heavy atom. The van der Waals surface area contributed by atoms with Crippen LogP contribution in [0.1, 0.15) is 57.7 Å². The zero-order valence-corrected chi connectivity index (χ0v) is 22.1. The van der Waals surface area contributed by atoms with Gasteiger partial charge in [-0.05, 0) is 75.4 Å². The van der Waals surface area contributed by atoms with Crippen molar-refractivity contribution in [1.29, 1.82) is 0 Å². The monoisotopic (exact) mass is 511 g/mol. The molecule has 0 radical (unpaired) electrons. The molecule has 0 aromatic heterocycles. The van der Waals surface area contributed by atoms with Gasteiger partial charge in [-0.25, -0.2) is 4.79 Å². The Hall–Kier alpha value is -3.59. The van der Waals surface area contributed by atoms with E-state index in [1.807, 2.05) is 31.2 Å². The quantitative estimate of drug-likeness (QED) is 0.447. The van der Waals surface area contributed by atoms with E-state index in [4.69, 9.17) is 9.47 Å². The van der Waals surface area contributed by atoms with Crippen molar-refractivity contribution in [2.75, 3.05) is 19.0 Å². The molecule has 9 nitrogen and oxygen atoms in total. The Kier molecular flexibility index (Phi) is 9.15. The van der Waals surface area contributed by atoms with Crippen molar-refractivity contribution in [3.63, 3.8) is 0 Å². The molecule has 9 heteroatoms. The maximum absolute atomic E-state index is 13.7. The van der Waals surface area contributed by atoms with Gasteiger partial charge in [-0.3, -0.25) is 9.59 Å². The van der Waals surface area contributed by atoms with E-state index in [2.05, 4.69) is 10.6 Å². The molecule has 1 aliphatic carbocycles. The van der Waals surface area contributed by atoms with Crippen LogP contribution in [0.5, 0.6) is 5.75 Å². The lowest BCUT2D eigenvalue weighted by Gasteiger charge is -2.34. The van der Waals surface area contributed by atoms with E-state index in [-0.39, 0.29) is 6.04 Å². The van der Waals surface area contributed by atoms with Crippen molar-refractivity contribution in [1.82, 2.24) is 10.2 Å². The molecule has 37 heavy (non-hydrogen) atoms.